The predicted octanol–water partition coefficient (Wildman–Crippen LogP) is 3.38. The fraction of sp³-hybridized carbons (Fsp3) is 0.320. The van der Waals surface area contributed by atoms with Gasteiger partial charge in [0.1, 0.15) is 22.0 Å². The van der Waals surface area contributed by atoms with Crippen molar-refractivity contribution in [2.75, 3.05) is 26.3 Å². The standard InChI is InChI=1S/C25H24N4O4S/c30-19-5-6-29(12-19)23(31)14-33-21-8-16(18-10-26-27-11-18)9-22-24(21)28-25(34-22)17-7-15-3-1-2-4-20(15)32-13-17/h1-4,8-11,17,19,30H,5-7,12-14H2,(H,26,27). The third kappa shape index (κ3) is 4.01. The average molecular weight is 477 g/mol. The van der Waals surface area contributed by atoms with Crippen molar-refractivity contribution < 1.29 is 19.4 Å². The minimum absolute atomic E-state index is 0.0938. The van der Waals surface area contributed by atoms with E-state index in [2.05, 4.69) is 22.3 Å². The summed E-state index contributed by atoms with van der Waals surface area (Å²) in [6.07, 6.45) is 4.61. The number of ether oxygens (including phenoxy) is 2. The molecule has 6 rings (SSSR count). The van der Waals surface area contributed by atoms with Gasteiger partial charge in [-0.1, -0.05) is 18.2 Å². The summed E-state index contributed by atoms with van der Waals surface area (Å²) in [4.78, 5) is 19.2. The van der Waals surface area contributed by atoms with Crippen molar-refractivity contribution in [3.63, 3.8) is 0 Å². The van der Waals surface area contributed by atoms with E-state index in [1.54, 1.807) is 22.4 Å². The Bertz CT molecular complexity index is 1340. The summed E-state index contributed by atoms with van der Waals surface area (Å²) in [5.74, 6) is 1.54. The van der Waals surface area contributed by atoms with E-state index in [9.17, 15) is 9.90 Å². The van der Waals surface area contributed by atoms with Crippen LogP contribution in [0.4, 0.5) is 0 Å². The van der Waals surface area contributed by atoms with Crippen molar-refractivity contribution in [3.8, 4) is 22.6 Å². The molecule has 0 spiro atoms. The molecule has 2 atom stereocenters. The van der Waals surface area contributed by atoms with Crippen LogP contribution in [0, 0.1) is 0 Å². The lowest BCUT2D eigenvalue weighted by Crippen LogP contribution is -2.33. The number of hydrogen-bond acceptors (Lipinski definition) is 7. The molecule has 2 unspecified atom stereocenters. The number of aliphatic hydroxyl groups excluding tert-OH is 1. The number of para-hydroxylation sites is 1. The lowest BCUT2D eigenvalue weighted by atomic mass is 9.97. The molecule has 2 aromatic heterocycles. The van der Waals surface area contributed by atoms with Crippen LogP contribution in [0.3, 0.4) is 0 Å². The number of nitrogens with zero attached hydrogens (tertiary/aromatic N) is 3. The van der Waals surface area contributed by atoms with Gasteiger partial charge in [0.15, 0.2) is 6.61 Å². The molecule has 8 nitrogen and oxygen atoms in total. The molecule has 9 heteroatoms. The molecule has 2 N–H and O–H groups in total. The maximum atomic E-state index is 12.6. The highest BCUT2D eigenvalue weighted by atomic mass is 32.1. The predicted molar refractivity (Wildman–Crippen MR) is 128 cm³/mol. The number of β-amino-alcohol motifs (C(OH)–C–C–N with tert-alkyl or cyclic N) is 1. The van der Waals surface area contributed by atoms with Crippen LogP contribution in [-0.2, 0) is 11.2 Å². The molecule has 2 aromatic carbocycles. The number of carbonyl (C=O) groups excluding carboxylic acids is 1. The molecule has 1 amide bonds. The van der Waals surface area contributed by atoms with Gasteiger partial charge in [0.25, 0.3) is 5.91 Å². The zero-order chi connectivity index (χ0) is 23.1. The highest BCUT2D eigenvalue weighted by Crippen LogP contribution is 2.40. The van der Waals surface area contributed by atoms with E-state index >= 15 is 0 Å². The lowest BCUT2D eigenvalue weighted by molar-refractivity contribution is -0.132. The minimum Gasteiger partial charge on any atom is -0.493 e. The molecule has 1 saturated heterocycles. The van der Waals surface area contributed by atoms with E-state index in [0.717, 1.165) is 38.5 Å². The van der Waals surface area contributed by atoms with Crippen molar-refractivity contribution in [2.45, 2.75) is 24.9 Å². The van der Waals surface area contributed by atoms with Gasteiger partial charge in [0.2, 0.25) is 0 Å². The van der Waals surface area contributed by atoms with Crippen LogP contribution in [0.2, 0.25) is 0 Å². The topological polar surface area (TPSA) is 101 Å². The van der Waals surface area contributed by atoms with Gasteiger partial charge in [-0.25, -0.2) is 4.98 Å². The molecule has 0 radical (unpaired) electrons. The minimum atomic E-state index is -0.455. The molecule has 4 heterocycles. The highest BCUT2D eigenvalue weighted by Gasteiger charge is 2.27. The number of carbonyl (C=O) groups is 1. The Balaban J connectivity index is 1.31. The number of fused-ring (bicyclic) bond motifs is 2. The van der Waals surface area contributed by atoms with Crippen molar-refractivity contribution in [2.24, 2.45) is 0 Å². The largest absolute Gasteiger partial charge is 0.493 e. The van der Waals surface area contributed by atoms with Crippen molar-refractivity contribution in [3.05, 3.63) is 59.4 Å². The van der Waals surface area contributed by atoms with Gasteiger partial charge < -0.3 is 19.5 Å². The smallest absolute Gasteiger partial charge is 0.260 e. The summed E-state index contributed by atoms with van der Waals surface area (Å²) < 4.78 is 13.0. The molecular weight excluding hydrogens is 452 g/mol. The Morgan fingerprint density at radius 3 is 3.03 bits per heavy atom. The van der Waals surface area contributed by atoms with Crippen LogP contribution in [0.1, 0.15) is 22.9 Å². The number of amides is 1. The zero-order valence-corrected chi connectivity index (χ0v) is 19.3. The normalized spacial score (nSPS) is 19.7. The Labute approximate surface area is 200 Å². The van der Waals surface area contributed by atoms with E-state index in [1.807, 2.05) is 30.5 Å². The Hall–Kier alpha value is -3.43. The zero-order valence-electron chi connectivity index (χ0n) is 18.4. The van der Waals surface area contributed by atoms with Crippen LogP contribution in [-0.4, -0.2) is 63.5 Å². The van der Waals surface area contributed by atoms with Gasteiger partial charge in [-0.2, -0.15) is 5.10 Å². The van der Waals surface area contributed by atoms with Crippen molar-refractivity contribution in [1.29, 1.82) is 0 Å². The number of aromatic amines is 1. The Morgan fingerprint density at radius 2 is 2.21 bits per heavy atom. The summed E-state index contributed by atoms with van der Waals surface area (Å²) in [6, 6.07) is 12.1. The first-order valence-electron chi connectivity index (χ1n) is 11.4. The molecule has 2 aliphatic heterocycles. The first-order chi connectivity index (χ1) is 16.6. The third-order valence-electron chi connectivity index (χ3n) is 6.40. The highest BCUT2D eigenvalue weighted by molar-refractivity contribution is 7.18. The number of hydrogen-bond donors (Lipinski definition) is 2. The second-order valence-electron chi connectivity index (χ2n) is 8.75. The monoisotopic (exact) mass is 476 g/mol. The Morgan fingerprint density at radius 1 is 1.29 bits per heavy atom. The average Bonchev–Trinajstić information content (AvgIpc) is 3.62. The number of benzene rings is 2. The van der Waals surface area contributed by atoms with Crippen LogP contribution in [0.25, 0.3) is 21.3 Å². The molecule has 4 aromatic rings. The molecule has 0 aliphatic carbocycles. The summed E-state index contributed by atoms with van der Waals surface area (Å²) in [7, 11) is 0. The van der Waals surface area contributed by atoms with Crippen LogP contribution < -0.4 is 9.47 Å². The molecule has 0 bridgehead atoms. The number of thiazole rings is 1. The number of aromatic nitrogens is 3. The number of nitrogens with one attached hydrogen (secondary N) is 1. The van der Waals surface area contributed by atoms with Gasteiger partial charge >= 0.3 is 0 Å². The quantitative estimate of drug-likeness (QED) is 0.458. The van der Waals surface area contributed by atoms with E-state index in [4.69, 9.17) is 14.5 Å². The Kier molecular flexibility index (Phi) is 5.43. The number of H-pyrrole nitrogens is 1. The summed E-state index contributed by atoms with van der Waals surface area (Å²) >= 11 is 1.63. The van der Waals surface area contributed by atoms with Gasteiger partial charge in [0, 0.05) is 30.8 Å². The van der Waals surface area contributed by atoms with Crippen molar-refractivity contribution >= 4 is 27.5 Å². The molecule has 1 fully saturated rings. The van der Waals surface area contributed by atoms with E-state index < -0.39 is 6.10 Å². The third-order valence-corrected chi connectivity index (χ3v) is 7.57. The number of aliphatic hydroxyl groups is 1. The summed E-state index contributed by atoms with van der Waals surface area (Å²) in [5, 5.41) is 17.6. The molecule has 0 saturated carbocycles. The number of likely N-dealkylation sites (tertiary alicyclic amines) is 1. The fourth-order valence-electron chi connectivity index (χ4n) is 4.56. The van der Waals surface area contributed by atoms with Gasteiger partial charge in [-0.3, -0.25) is 9.89 Å². The van der Waals surface area contributed by atoms with Crippen molar-refractivity contribution in [1.82, 2.24) is 20.1 Å². The number of rotatable bonds is 5. The van der Waals surface area contributed by atoms with Gasteiger partial charge in [0.05, 0.1) is 23.6 Å². The first-order valence-corrected chi connectivity index (χ1v) is 12.2. The second-order valence-corrected chi connectivity index (χ2v) is 9.81. The lowest BCUT2D eigenvalue weighted by Gasteiger charge is -2.23. The second kappa shape index (κ2) is 8.73. The van der Waals surface area contributed by atoms with E-state index in [1.165, 1.54) is 5.56 Å². The van der Waals surface area contributed by atoms with Crippen LogP contribution >= 0.6 is 11.3 Å². The van der Waals surface area contributed by atoms with Crippen LogP contribution in [0.15, 0.2) is 48.8 Å². The molecular formula is C25H24N4O4S. The SMILES string of the molecule is O=C(COc1cc(-c2cn[nH]c2)cc2sc(C3COc4ccccc4C3)nc12)N1CCC(O)C1. The first kappa shape index (κ1) is 21.1. The fourth-order valence-corrected chi connectivity index (χ4v) is 5.67. The van der Waals surface area contributed by atoms with E-state index in [0.29, 0.717) is 31.9 Å². The summed E-state index contributed by atoms with van der Waals surface area (Å²) in [5.41, 5.74) is 3.82. The van der Waals surface area contributed by atoms with Gasteiger partial charge in [-0.05, 0) is 42.2 Å². The molecule has 34 heavy (non-hydrogen) atoms. The van der Waals surface area contributed by atoms with E-state index in [-0.39, 0.29) is 18.4 Å². The van der Waals surface area contributed by atoms with Gasteiger partial charge in [-0.15, -0.1) is 11.3 Å². The maximum Gasteiger partial charge on any atom is 0.260 e. The maximum absolute atomic E-state index is 12.6. The van der Waals surface area contributed by atoms with Crippen LogP contribution in [0.5, 0.6) is 11.5 Å². The summed E-state index contributed by atoms with van der Waals surface area (Å²) in [6.45, 7) is 1.40. The molecule has 2 aliphatic rings. The molecule has 174 valence electrons.